The van der Waals surface area contributed by atoms with Gasteiger partial charge in [-0.3, -0.25) is 9.59 Å². The molecular weight excluding hydrogens is 889 g/mol. The Morgan fingerprint density at radius 1 is 0.563 bits per heavy atom. The van der Waals surface area contributed by atoms with Crippen LogP contribution in [0.25, 0.3) is 44.1 Å². The zero-order valence-corrected chi connectivity index (χ0v) is 39.5. The van der Waals surface area contributed by atoms with Gasteiger partial charge in [-0.1, -0.05) is 73.8 Å². The maximum Gasteiger partial charge on any atom is 0.247 e. The van der Waals surface area contributed by atoms with Crippen molar-refractivity contribution < 1.29 is 9.59 Å². The quantitative estimate of drug-likeness (QED) is 0.0508. The van der Waals surface area contributed by atoms with E-state index in [4.69, 9.17) is 9.97 Å². The molecule has 71 heavy (non-hydrogen) atoms. The van der Waals surface area contributed by atoms with Crippen LogP contribution in [0.2, 0.25) is 0 Å². The first-order valence-electron chi connectivity index (χ1n) is 23.7. The maximum atomic E-state index is 11.7. The molecule has 0 atom stereocenters. The number of rotatable bonds is 14. The van der Waals surface area contributed by atoms with Crippen molar-refractivity contribution in [2.45, 2.75) is 37.8 Å². The molecule has 2 fully saturated rings. The number of para-hydroxylation sites is 2. The van der Waals surface area contributed by atoms with Crippen molar-refractivity contribution in [1.29, 1.82) is 0 Å². The fourth-order valence-corrected chi connectivity index (χ4v) is 8.52. The summed E-state index contributed by atoms with van der Waals surface area (Å²) in [6.45, 7) is 11.3. The molecule has 6 heterocycles. The van der Waals surface area contributed by atoms with Crippen LogP contribution in [0.15, 0.2) is 159 Å². The molecule has 16 nitrogen and oxygen atoms in total. The van der Waals surface area contributed by atoms with Crippen LogP contribution in [0.5, 0.6) is 0 Å². The molecule has 0 saturated carbocycles. The zero-order chi connectivity index (χ0) is 48.9. The molecule has 0 aliphatic carbocycles. The van der Waals surface area contributed by atoms with E-state index in [1.807, 2.05) is 109 Å². The predicted molar refractivity (Wildman–Crippen MR) is 286 cm³/mol. The number of carbonyl (C=O) groups is 2. The minimum atomic E-state index is -0.251. The Morgan fingerprint density at radius 3 is 1.48 bits per heavy atom. The van der Waals surface area contributed by atoms with E-state index < -0.39 is 0 Å². The van der Waals surface area contributed by atoms with Crippen LogP contribution in [0.1, 0.15) is 25.7 Å². The van der Waals surface area contributed by atoms with Crippen LogP contribution in [-0.4, -0.2) is 91.9 Å². The summed E-state index contributed by atoms with van der Waals surface area (Å²) in [6.07, 6.45) is 14.1. The highest BCUT2D eigenvalue weighted by atomic mass is 16.2. The lowest BCUT2D eigenvalue weighted by molar-refractivity contribution is -0.112. The van der Waals surface area contributed by atoms with Crippen molar-refractivity contribution in [3.8, 4) is 22.3 Å². The number of anilines is 8. The van der Waals surface area contributed by atoms with Crippen LogP contribution >= 0.6 is 0 Å². The maximum absolute atomic E-state index is 11.7. The van der Waals surface area contributed by atoms with Crippen molar-refractivity contribution in [3.05, 3.63) is 159 Å². The third-order valence-electron chi connectivity index (χ3n) is 12.3. The summed E-state index contributed by atoms with van der Waals surface area (Å²) >= 11 is 0. The summed E-state index contributed by atoms with van der Waals surface area (Å²) in [5.74, 6) is 2.22. The van der Waals surface area contributed by atoms with Gasteiger partial charge in [0.25, 0.3) is 0 Å². The van der Waals surface area contributed by atoms with Crippen LogP contribution in [0.4, 0.5) is 46.3 Å². The monoisotopic (exact) mass is 944 g/mol. The lowest BCUT2D eigenvalue weighted by atomic mass is 10.0. The van der Waals surface area contributed by atoms with E-state index in [0.29, 0.717) is 35.4 Å². The number of piperidine rings is 2. The Bertz CT molecular complexity index is 3150. The molecule has 7 N–H and O–H groups in total. The van der Waals surface area contributed by atoms with Gasteiger partial charge in [0.15, 0.2) is 0 Å². The number of nitrogens with one attached hydrogen (secondary N) is 7. The standard InChI is InChI=1S/C28H29N7O.C27H27N7O/c1-3-26(36)32-22-8-4-6-19(16-22)24-9-5-7-20-17-30-28(34-27(20)24)33-23-10-11-25(29-18-23)31-21-12-14-35(2)15-13-21;1-2-25(35)32-21-7-3-5-18(15-21)23-8-4-6-19-16-30-27(34-26(19)23)33-22-9-10-24(29-17-22)31-20-11-13-28-14-12-20/h3-11,16-18,21H,1,12-15H2,2H3,(H,29,31)(H,32,36)(H,30,33,34);2-10,15-17,20,28H,1,11-14H2,(H,29,31)(H,32,35)(H,30,33,34). The van der Waals surface area contributed by atoms with Crippen molar-refractivity contribution in [2.75, 3.05) is 65.1 Å². The Morgan fingerprint density at radius 2 is 1.03 bits per heavy atom. The number of amides is 2. The highest BCUT2D eigenvalue weighted by Gasteiger charge is 2.18. The van der Waals surface area contributed by atoms with Crippen molar-refractivity contribution in [2.24, 2.45) is 0 Å². The molecule has 0 bridgehead atoms. The van der Waals surface area contributed by atoms with E-state index in [1.54, 1.807) is 24.8 Å². The second-order valence-electron chi connectivity index (χ2n) is 17.4. The third-order valence-corrected chi connectivity index (χ3v) is 12.3. The van der Waals surface area contributed by atoms with E-state index in [2.05, 4.69) is 82.3 Å². The van der Waals surface area contributed by atoms with Gasteiger partial charge >= 0.3 is 0 Å². The van der Waals surface area contributed by atoms with Gasteiger partial charge in [0, 0.05) is 57.8 Å². The molecule has 358 valence electrons. The largest absolute Gasteiger partial charge is 0.367 e. The summed E-state index contributed by atoms with van der Waals surface area (Å²) in [4.78, 5) is 53.5. The molecule has 0 unspecified atom stereocenters. The number of hydrogen-bond acceptors (Lipinski definition) is 14. The minimum absolute atomic E-state index is 0.250. The summed E-state index contributed by atoms with van der Waals surface area (Å²) in [7, 11) is 2.16. The van der Waals surface area contributed by atoms with Crippen LogP contribution < -0.4 is 37.2 Å². The van der Waals surface area contributed by atoms with Gasteiger partial charge in [0.05, 0.1) is 34.8 Å². The molecule has 0 spiro atoms. The highest BCUT2D eigenvalue weighted by Crippen LogP contribution is 2.32. The van der Waals surface area contributed by atoms with Gasteiger partial charge in [0.1, 0.15) is 11.6 Å². The number of fused-ring (bicyclic) bond motifs is 2. The Kier molecular flexibility index (Phi) is 15.2. The third kappa shape index (κ3) is 12.5. The molecular formula is C55H56N14O2. The molecule has 2 amide bonds. The molecule has 0 radical (unpaired) electrons. The molecule has 2 aliphatic heterocycles. The van der Waals surface area contributed by atoms with Crippen LogP contribution in [0, 0.1) is 0 Å². The summed E-state index contributed by atoms with van der Waals surface area (Å²) in [6, 6.07) is 36.1. The second-order valence-corrected chi connectivity index (χ2v) is 17.4. The van der Waals surface area contributed by atoms with E-state index in [0.717, 1.165) is 119 Å². The van der Waals surface area contributed by atoms with E-state index in [-0.39, 0.29) is 11.8 Å². The predicted octanol–water partition coefficient (Wildman–Crippen LogP) is 9.79. The lowest BCUT2D eigenvalue weighted by Crippen LogP contribution is -2.36. The van der Waals surface area contributed by atoms with Crippen LogP contribution in [-0.2, 0) is 9.59 Å². The van der Waals surface area contributed by atoms with E-state index >= 15 is 0 Å². The van der Waals surface area contributed by atoms with E-state index in [9.17, 15) is 9.59 Å². The number of benzene rings is 4. The molecule has 8 aromatic rings. The van der Waals surface area contributed by atoms with Gasteiger partial charge in [-0.15, -0.1) is 0 Å². The van der Waals surface area contributed by atoms with Gasteiger partial charge in [-0.2, -0.15) is 0 Å². The first-order chi connectivity index (χ1) is 34.7. The minimum Gasteiger partial charge on any atom is -0.367 e. The number of nitrogens with zero attached hydrogens (tertiary/aromatic N) is 7. The first kappa shape index (κ1) is 47.5. The first-order valence-corrected chi connectivity index (χ1v) is 23.7. The van der Waals surface area contributed by atoms with Gasteiger partial charge in [-0.25, -0.2) is 29.9 Å². The highest BCUT2D eigenvalue weighted by molar-refractivity contribution is 6.01. The van der Waals surface area contributed by atoms with E-state index in [1.165, 1.54) is 12.2 Å². The normalized spacial score (nSPS) is 14.1. The lowest BCUT2D eigenvalue weighted by Gasteiger charge is -2.29. The van der Waals surface area contributed by atoms with Crippen LogP contribution in [0.3, 0.4) is 0 Å². The van der Waals surface area contributed by atoms with Crippen molar-refractivity contribution in [3.63, 3.8) is 0 Å². The summed E-state index contributed by atoms with van der Waals surface area (Å²) in [5, 5.41) is 24.4. The van der Waals surface area contributed by atoms with Gasteiger partial charge in [0.2, 0.25) is 23.7 Å². The topological polar surface area (TPSA) is 199 Å². The van der Waals surface area contributed by atoms with Gasteiger partial charge < -0.3 is 42.1 Å². The summed E-state index contributed by atoms with van der Waals surface area (Å²) in [5.41, 5.74) is 8.43. The number of hydrogen-bond donors (Lipinski definition) is 7. The Labute approximate surface area is 412 Å². The number of likely N-dealkylation sites (tertiary alicyclic amines) is 1. The van der Waals surface area contributed by atoms with Gasteiger partial charge in [-0.05, 0) is 131 Å². The zero-order valence-electron chi connectivity index (χ0n) is 39.5. The Hall–Kier alpha value is -8.60. The fourth-order valence-electron chi connectivity index (χ4n) is 8.52. The molecule has 4 aromatic heterocycles. The van der Waals surface area contributed by atoms with Crippen molar-refractivity contribution >= 4 is 79.9 Å². The number of carbonyl (C=O) groups excluding carboxylic acids is 2. The number of aromatic nitrogens is 6. The van der Waals surface area contributed by atoms with Crippen molar-refractivity contribution in [1.82, 2.24) is 40.1 Å². The SMILES string of the molecule is C=CC(=O)Nc1cccc(-c2cccc3cnc(Nc4ccc(NC5CCN(C)CC5)nc4)nc23)c1.C=CC(=O)Nc1cccc(-c2cccc3cnc(Nc4ccc(NC5CCNCC5)nc4)nc23)c1. The smallest absolute Gasteiger partial charge is 0.247 e. The molecule has 10 rings (SSSR count). The summed E-state index contributed by atoms with van der Waals surface area (Å²) < 4.78 is 0. The average molecular weight is 945 g/mol. The second kappa shape index (κ2) is 22.7. The fraction of sp³-hybridized carbons (Fsp3) is 0.200. The average Bonchev–Trinajstić information content (AvgIpc) is 3.40. The molecule has 16 heteroatoms. The molecule has 4 aromatic carbocycles. The number of pyridine rings is 2. The molecule has 2 aliphatic rings. The molecule has 2 saturated heterocycles. The Balaban J connectivity index is 0.000000176.